The van der Waals surface area contributed by atoms with E-state index in [0.29, 0.717) is 17.7 Å². The smallest absolute Gasteiger partial charge is 0.407 e. The molecule has 0 radical (unpaired) electrons. The summed E-state index contributed by atoms with van der Waals surface area (Å²) in [6, 6.07) is 2.10. The van der Waals surface area contributed by atoms with Crippen molar-refractivity contribution in [2.45, 2.75) is 45.3 Å². The first-order valence-corrected chi connectivity index (χ1v) is 8.47. The average molecular weight is 334 g/mol. The topological polar surface area (TPSA) is 76.6 Å². The molecule has 2 aliphatic rings. The highest BCUT2D eigenvalue weighted by Gasteiger charge is 2.43. The van der Waals surface area contributed by atoms with Gasteiger partial charge in [-0.05, 0) is 45.4 Å². The third kappa shape index (κ3) is 3.71. The minimum atomic E-state index is -0.469. The molecule has 0 aromatic carbocycles. The highest BCUT2D eigenvalue weighted by Crippen LogP contribution is 2.39. The maximum Gasteiger partial charge on any atom is 0.407 e. The second-order valence-corrected chi connectivity index (χ2v) is 7.63. The molecule has 1 amide bonds. The first-order chi connectivity index (χ1) is 11.4. The van der Waals surface area contributed by atoms with E-state index in [2.05, 4.69) is 20.4 Å². The van der Waals surface area contributed by atoms with Crippen LogP contribution in [0.5, 0.6) is 5.88 Å². The Morgan fingerprint density at radius 1 is 1.29 bits per heavy atom. The summed E-state index contributed by atoms with van der Waals surface area (Å²) < 4.78 is 10.6. The summed E-state index contributed by atoms with van der Waals surface area (Å²) in [5, 5.41) is 11.0. The van der Waals surface area contributed by atoms with Crippen molar-refractivity contribution in [2.24, 2.45) is 11.8 Å². The Bertz CT molecular complexity index is 588. The van der Waals surface area contributed by atoms with Crippen molar-refractivity contribution in [3.63, 3.8) is 0 Å². The van der Waals surface area contributed by atoms with E-state index in [1.165, 1.54) is 0 Å². The zero-order chi connectivity index (χ0) is 17.3. The molecule has 3 rings (SSSR count). The van der Waals surface area contributed by atoms with Crippen molar-refractivity contribution in [1.82, 2.24) is 15.5 Å². The minimum absolute atomic E-state index is 0.188. The lowest BCUT2D eigenvalue weighted by molar-refractivity contribution is 0.0472. The molecule has 1 aromatic rings. The van der Waals surface area contributed by atoms with E-state index in [9.17, 15) is 4.79 Å². The van der Waals surface area contributed by atoms with Crippen molar-refractivity contribution in [3.8, 4) is 5.88 Å². The molecule has 132 valence electrons. The van der Waals surface area contributed by atoms with Crippen molar-refractivity contribution in [2.75, 3.05) is 25.1 Å². The molecule has 7 nitrogen and oxygen atoms in total. The predicted octanol–water partition coefficient (Wildman–Crippen LogP) is 2.22. The summed E-state index contributed by atoms with van der Waals surface area (Å²) in [5.74, 6) is 1.37. The third-order valence-electron chi connectivity index (χ3n) is 4.71. The fraction of sp³-hybridized carbons (Fsp3) is 0.706. The number of methoxy groups -OCH3 is 1. The van der Waals surface area contributed by atoms with E-state index >= 15 is 0 Å². The second kappa shape index (κ2) is 6.45. The number of carbonyl (C=O) groups excluding carboxylic acids is 1. The van der Waals surface area contributed by atoms with Gasteiger partial charge in [0.1, 0.15) is 5.60 Å². The molecule has 0 spiro atoms. The van der Waals surface area contributed by atoms with E-state index in [0.717, 1.165) is 31.6 Å². The van der Waals surface area contributed by atoms with Crippen LogP contribution in [0.15, 0.2) is 12.3 Å². The summed E-state index contributed by atoms with van der Waals surface area (Å²) in [7, 11) is 1.59. The Morgan fingerprint density at radius 3 is 2.54 bits per heavy atom. The molecule has 7 heteroatoms. The number of anilines is 1. The quantitative estimate of drug-likeness (QED) is 0.913. The van der Waals surface area contributed by atoms with E-state index < -0.39 is 5.60 Å². The summed E-state index contributed by atoms with van der Waals surface area (Å²) >= 11 is 0. The molecule has 1 aromatic heterocycles. The molecule has 2 bridgehead atoms. The maximum absolute atomic E-state index is 12.1. The molecule has 1 saturated heterocycles. The molecule has 1 N–H and O–H groups in total. The molecule has 2 fully saturated rings. The van der Waals surface area contributed by atoms with Gasteiger partial charge in [-0.3, -0.25) is 0 Å². The fourth-order valence-corrected chi connectivity index (χ4v) is 3.72. The Kier molecular flexibility index (Phi) is 4.51. The Hall–Kier alpha value is -2.05. The number of carbonyl (C=O) groups is 1. The third-order valence-corrected chi connectivity index (χ3v) is 4.71. The van der Waals surface area contributed by atoms with Gasteiger partial charge in [0.05, 0.1) is 19.0 Å². The van der Waals surface area contributed by atoms with Gasteiger partial charge in [-0.15, -0.1) is 5.10 Å². The molecule has 2 heterocycles. The number of ether oxygens (including phenoxy) is 2. The lowest BCUT2D eigenvalue weighted by Gasteiger charge is -2.39. The van der Waals surface area contributed by atoms with E-state index in [4.69, 9.17) is 9.47 Å². The lowest BCUT2D eigenvalue weighted by Crippen LogP contribution is -2.53. The lowest BCUT2D eigenvalue weighted by atomic mass is 9.92. The van der Waals surface area contributed by atoms with Crippen LogP contribution in [0.25, 0.3) is 0 Å². The zero-order valence-corrected chi connectivity index (χ0v) is 14.8. The highest BCUT2D eigenvalue weighted by molar-refractivity contribution is 5.68. The second-order valence-electron chi connectivity index (χ2n) is 7.63. The van der Waals surface area contributed by atoms with Gasteiger partial charge >= 0.3 is 6.09 Å². The fourth-order valence-electron chi connectivity index (χ4n) is 3.72. The Morgan fingerprint density at radius 2 is 1.96 bits per heavy atom. The van der Waals surface area contributed by atoms with E-state index in [1.807, 2.05) is 26.8 Å². The summed E-state index contributed by atoms with van der Waals surface area (Å²) in [6.07, 6.45) is 3.70. The van der Waals surface area contributed by atoms with Gasteiger partial charge < -0.3 is 19.7 Å². The van der Waals surface area contributed by atoms with Crippen molar-refractivity contribution in [3.05, 3.63) is 12.3 Å². The minimum Gasteiger partial charge on any atom is -0.480 e. The number of nitrogens with zero attached hydrogens (tertiary/aromatic N) is 3. The summed E-state index contributed by atoms with van der Waals surface area (Å²) in [4.78, 5) is 14.4. The number of alkyl carbamates (subject to hydrolysis) is 1. The van der Waals surface area contributed by atoms with Crippen LogP contribution in [-0.4, -0.2) is 48.1 Å². The van der Waals surface area contributed by atoms with Crippen LogP contribution in [0, 0.1) is 11.8 Å². The number of piperidine rings is 1. The number of aromatic nitrogens is 2. The monoisotopic (exact) mass is 334 g/mol. The van der Waals surface area contributed by atoms with Crippen molar-refractivity contribution < 1.29 is 14.3 Å². The predicted molar refractivity (Wildman–Crippen MR) is 90.2 cm³/mol. The van der Waals surface area contributed by atoms with Gasteiger partial charge in [-0.2, -0.15) is 5.10 Å². The number of hydrogen-bond acceptors (Lipinski definition) is 6. The first-order valence-electron chi connectivity index (χ1n) is 8.47. The maximum atomic E-state index is 12.1. The van der Waals surface area contributed by atoms with Crippen LogP contribution in [0.4, 0.5) is 10.5 Å². The van der Waals surface area contributed by atoms with Gasteiger partial charge in [-0.25, -0.2) is 4.79 Å². The molecule has 24 heavy (non-hydrogen) atoms. The van der Waals surface area contributed by atoms with Crippen molar-refractivity contribution >= 4 is 11.8 Å². The summed E-state index contributed by atoms with van der Waals surface area (Å²) in [5.41, 5.74) is 0.554. The molecule has 3 atom stereocenters. The Labute approximate surface area is 142 Å². The van der Waals surface area contributed by atoms with Crippen LogP contribution in [0.1, 0.15) is 33.6 Å². The first kappa shape index (κ1) is 16.8. The van der Waals surface area contributed by atoms with Gasteiger partial charge in [0.25, 0.3) is 0 Å². The molecular weight excluding hydrogens is 308 g/mol. The van der Waals surface area contributed by atoms with Gasteiger partial charge in [0.15, 0.2) is 0 Å². The number of rotatable bonds is 3. The van der Waals surface area contributed by atoms with Gasteiger partial charge in [0.2, 0.25) is 5.88 Å². The zero-order valence-electron chi connectivity index (χ0n) is 14.8. The summed E-state index contributed by atoms with van der Waals surface area (Å²) in [6.45, 7) is 7.44. The van der Waals surface area contributed by atoms with Crippen LogP contribution >= 0.6 is 0 Å². The molecule has 1 aliphatic carbocycles. The number of nitrogens with one attached hydrogen (secondary N) is 1. The standard InChI is InChI=1S/C17H26N4O3/c1-17(2,3)24-16(22)19-15-11-5-6-12(15)10-21(9-11)13-7-14(23-4)20-18-8-13/h7-8,11-12,15H,5-6,9-10H2,1-4H3,(H,19,22)/t11-,12+,15?. The molecular formula is C17H26N4O3. The van der Waals surface area contributed by atoms with Crippen LogP contribution in [-0.2, 0) is 4.74 Å². The van der Waals surface area contributed by atoms with Crippen LogP contribution in [0.2, 0.25) is 0 Å². The van der Waals surface area contributed by atoms with E-state index in [1.54, 1.807) is 13.3 Å². The largest absolute Gasteiger partial charge is 0.480 e. The van der Waals surface area contributed by atoms with Crippen LogP contribution < -0.4 is 15.0 Å². The molecule has 1 aliphatic heterocycles. The van der Waals surface area contributed by atoms with Gasteiger partial charge in [-0.1, -0.05) is 0 Å². The Balaban J connectivity index is 1.65. The van der Waals surface area contributed by atoms with Crippen molar-refractivity contribution in [1.29, 1.82) is 0 Å². The average Bonchev–Trinajstić information content (AvgIpc) is 2.75. The SMILES string of the molecule is COc1cc(N2C[C@H]3CC[C@@H](C2)C3NC(=O)OC(C)(C)C)cnn1. The number of amides is 1. The number of hydrogen-bond donors (Lipinski definition) is 1. The van der Waals surface area contributed by atoms with Gasteiger partial charge in [0, 0.05) is 25.2 Å². The normalized spacial score (nSPS) is 26.2. The van der Waals surface area contributed by atoms with Crippen LogP contribution in [0.3, 0.4) is 0 Å². The number of fused-ring (bicyclic) bond motifs is 2. The highest BCUT2D eigenvalue weighted by atomic mass is 16.6. The molecule has 1 unspecified atom stereocenters. The molecule has 1 saturated carbocycles. The van der Waals surface area contributed by atoms with E-state index in [-0.39, 0.29) is 12.1 Å².